The quantitative estimate of drug-likeness (QED) is 0.225. The Labute approximate surface area is 198 Å². The van der Waals surface area contributed by atoms with Crippen LogP contribution in [0.1, 0.15) is 25.8 Å². The van der Waals surface area contributed by atoms with Crippen molar-refractivity contribution in [2.24, 2.45) is 0 Å². The predicted molar refractivity (Wildman–Crippen MR) is 116 cm³/mol. The van der Waals surface area contributed by atoms with Gasteiger partial charge in [-0.05, 0) is 31.5 Å². The first kappa shape index (κ1) is 25.1. The minimum absolute atomic E-state index is 0.374. The summed E-state index contributed by atoms with van der Waals surface area (Å²) in [5.41, 5.74) is -0.330. The monoisotopic (exact) mass is 494 g/mol. The third-order valence-electron chi connectivity index (χ3n) is 6.04. The van der Waals surface area contributed by atoms with Crippen LogP contribution in [-0.2, 0) is 30.2 Å². The lowest BCUT2D eigenvalue weighted by molar-refractivity contribution is -0.329. The van der Waals surface area contributed by atoms with Crippen LogP contribution in [0.2, 0.25) is 0 Å². The van der Waals surface area contributed by atoms with Crippen LogP contribution in [0, 0.1) is 0 Å². The molecule has 0 saturated carbocycles. The molecule has 4 N–H and O–H groups in total. The Hall–Kier alpha value is -3.03. The van der Waals surface area contributed by atoms with E-state index in [1.165, 1.54) is 6.07 Å². The maximum Gasteiger partial charge on any atom is 0.336 e. The van der Waals surface area contributed by atoms with Crippen molar-refractivity contribution in [1.29, 1.82) is 0 Å². The number of benzene rings is 1. The lowest BCUT2D eigenvalue weighted by atomic mass is 9.95. The maximum atomic E-state index is 11.5. The molecule has 0 radical (unpaired) electrons. The molecule has 0 unspecified atom stereocenters. The van der Waals surface area contributed by atoms with E-state index in [1.807, 2.05) is 6.07 Å². The van der Waals surface area contributed by atoms with E-state index >= 15 is 0 Å². The third kappa shape index (κ3) is 5.31. The Balaban J connectivity index is 1.45. The van der Waals surface area contributed by atoms with Crippen LogP contribution in [0.25, 0.3) is 11.0 Å². The van der Waals surface area contributed by atoms with Crippen LogP contribution in [-0.4, -0.2) is 81.4 Å². The largest absolute Gasteiger partial charge is 0.487 e. The highest BCUT2D eigenvalue weighted by atomic mass is 16.7. The number of carbonyl (C=O) groups excluding carboxylic acids is 1. The minimum atomic E-state index is -1.68. The number of fused-ring (bicyclic) bond motifs is 2. The zero-order valence-corrected chi connectivity index (χ0v) is 18.9. The van der Waals surface area contributed by atoms with Gasteiger partial charge in [0.05, 0.1) is 0 Å². The second-order valence-electron chi connectivity index (χ2n) is 9.05. The molecule has 1 saturated heterocycles. The molecule has 35 heavy (non-hydrogen) atoms. The lowest BCUT2D eigenvalue weighted by Crippen LogP contribution is -2.61. The smallest absolute Gasteiger partial charge is 0.336 e. The molecule has 0 bridgehead atoms. The molecule has 1 fully saturated rings. The molecule has 12 heteroatoms. The molecule has 0 aliphatic carbocycles. The van der Waals surface area contributed by atoms with Gasteiger partial charge >= 0.3 is 17.6 Å². The number of aliphatic carboxylic acids is 1. The number of carboxylic acids is 1. The number of hydrogen-bond acceptors (Lipinski definition) is 11. The van der Waals surface area contributed by atoms with E-state index in [9.17, 15) is 29.7 Å². The van der Waals surface area contributed by atoms with Crippen molar-refractivity contribution >= 4 is 22.9 Å². The van der Waals surface area contributed by atoms with Crippen LogP contribution < -0.4 is 10.4 Å². The number of carboxylic acid groups (broad SMARTS) is 1. The number of rotatable bonds is 7. The molecule has 2 aliphatic rings. The third-order valence-corrected chi connectivity index (χ3v) is 6.04. The number of hydrogen-bond donors (Lipinski definition) is 4. The molecule has 2 aromatic rings. The fourth-order valence-corrected chi connectivity index (χ4v) is 4.07. The SMILES string of the molecule is CC(C)(O[C@H]1O[C@@H](COC(=O)CC(=O)O)[C@@H](O)[C@@H](O)[C@H]1O)[C@H]1Cc2cc3ccc(=O)oc3cc2O1. The molecular weight excluding hydrogens is 468 g/mol. The highest BCUT2D eigenvalue weighted by Gasteiger charge is 2.48. The highest BCUT2D eigenvalue weighted by molar-refractivity contribution is 5.90. The van der Waals surface area contributed by atoms with Crippen LogP contribution >= 0.6 is 0 Å². The molecule has 2 aliphatic heterocycles. The van der Waals surface area contributed by atoms with Gasteiger partial charge in [0.2, 0.25) is 0 Å². The Morgan fingerprint density at radius 2 is 1.86 bits per heavy atom. The minimum Gasteiger partial charge on any atom is -0.487 e. The average Bonchev–Trinajstić information content (AvgIpc) is 3.20. The number of esters is 1. The molecule has 1 aromatic heterocycles. The predicted octanol–water partition coefficient (Wildman–Crippen LogP) is -0.283. The fraction of sp³-hybridized carbons (Fsp3) is 0.522. The van der Waals surface area contributed by atoms with Gasteiger partial charge in [-0.15, -0.1) is 0 Å². The van der Waals surface area contributed by atoms with Gasteiger partial charge in [0.25, 0.3) is 0 Å². The van der Waals surface area contributed by atoms with Gasteiger partial charge in [-0.2, -0.15) is 0 Å². The van der Waals surface area contributed by atoms with Crippen LogP contribution in [0.4, 0.5) is 0 Å². The van der Waals surface area contributed by atoms with Gasteiger partial charge in [-0.1, -0.05) is 0 Å². The van der Waals surface area contributed by atoms with E-state index in [0.29, 0.717) is 17.8 Å². The van der Waals surface area contributed by atoms with Crippen molar-refractivity contribution in [2.45, 2.75) is 69.1 Å². The molecule has 4 rings (SSSR count). The van der Waals surface area contributed by atoms with Crippen LogP contribution in [0.5, 0.6) is 5.75 Å². The molecule has 190 valence electrons. The molecule has 12 nitrogen and oxygen atoms in total. The first-order valence-corrected chi connectivity index (χ1v) is 10.9. The molecule has 1 aromatic carbocycles. The van der Waals surface area contributed by atoms with Gasteiger partial charge in [0.1, 0.15) is 60.5 Å². The molecule has 0 amide bonds. The topological polar surface area (TPSA) is 182 Å². The van der Waals surface area contributed by atoms with E-state index in [2.05, 4.69) is 0 Å². The van der Waals surface area contributed by atoms with Crippen molar-refractivity contribution in [3.63, 3.8) is 0 Å². The van der Waals surface area contributed by atoms with Gasteiger partial charge in [0.15, 0.2) is 6.29 Å². The fourth-order valence-electron chi connectivity index (χ4n) is 4.07. The Kier molecular flexibility index (Phi) is 6.84. The van der Waals surface area contributed by atoms with Crippen molar-refractivity contribution < 1.29 is 53.4 Å². The van der Waals surface area contributed by atoms with Gasteiger partial charge in [0, 0.05) is 23.9 Å². The summed E-state index contributed by atoms with van der Waals surface area (Å²) >= 11 is 0. The summed E-state index contributed by atoms with van der Waals surface area (Å²) in [6.45, 7) is 2.83. The molecular formula is C23H26O12. The van der Waals surface area contributed by atoms with Crippen molar-refractivity contribution in [1.82, 2.24) is 0 Å². The summed E-state index contributed by atoms with van der Waals surface area (Å²) in [6.07, 6.45) is -8.61. The molecule has 0 spiro atoms. The number of aliphatic hydroxyl groups excluding tert-OH is 3. The number of ether oxygens (including phenoxy) is 4. The van der Waals surface area contributed by atoms with E-state index in [4.69, 9.17) is 28.5 Å². The summed E-state index contributed by atoms with van der Waals surface area (Å²) < 4.78 is 27.6. The second-order valence-corrected chi connectivity index (χ2v) is 9.05. The Morgan fingerprint density at radius 3 is 2.57 bits per heavy atom. The normalized spacial score (nSPS) is 28.4. The van der Waals surface area contributed by atoms with E-state index in [-0.39, 0.29) is 0 Å². The summed E-state index contributed by atoms with van der Waals surface area (Å²) in [5.74, 6) is -1.92. The average molecular weight is 494 g/mol. The molecule has 3 heterocycles. The molecule has 6 atom stereocenters. The lowest BCUT2D eigenvalue weighted by Gasteiger charge is -2.43. The van der Waals surface area contributed by atoms with Crippen molar-refractivity contribution in [3.8, 4) is 5.75 Å². The number of carbonyl (C=O) groups is 2. The first-order chi connectivity index (χ1) is 16.4. The number of aliphatic hydroxyl groups is 3. The summed E-state index contributed by atoms with van der Waals surface area (Å²) in [6, 6.07) is 6.44. The van der Waals surface area contributed by atoms with Crippen LogP contribution in [0.3, 0.4) is 0 Å². The van der Waals surface area contributed by atoms with Gasteiger partial charge in [-0.3, -0.25) is 9.59 Å². The summed E-state index contributed by atoms with van der Waals surface area (Å²) in [7, 11) is 0. The van der Waals surface area contributed by atoms with Gasteiger partial charge in [-0.25, -0.2) is 4.79 Å². The second kappa shape index (κ2) is 9.55. The van der Waals surface area contributed by atoms with Crippen molar-refractivity contribution in [3.05, 3.63) is 40.2 Å². The van der Waals surface area contributed by atoms with Crippen LogP contribution in [0.15, 0.2) is 33.5 Å². The first-order valence-electron chi connectivity index (χ1n) is 10.9. The zero-order chi connectivity index (χ0) is 25.5. The highest BCUT2D eigenvalue weighted by Crippen LogP contribution is 2.38. The van der Waals surface area contributed by atoms with E-state index in [0.717, 1.165) is 10.9 Å². The summed E-state index contributed by atoms with van der Waals surface area (Å²) in [4.78, 5) is 33.6. The van der Waals surface area contributed by atoms with Crippen molar-refractivity contribution in [2.75, 3.05) is 6.61 Å². The van der Waals surface area contributed by atoms with E-state index in [1.54, 1.807) is 26.0 Å². The Bertz CT molecular complexity index is 1170. The Morgan fingerprint density at radius 1 is 1.11 bits per heavy atom. The summed E-state index contributed by atoms with van der Waals surface area (Å²) in [5, 5.41) is 40.3. The standard InChI is InChI=1S/C23H26O12/c1-23(2,15-6-11-5-10-3-4-17(26)33-12(10)7-13(11)32-15)35-22-21(30)20(29)19(28)14(34-22)9-31-18(27)8-16(24)25/h3-5,7,14-15,19-22,28-30H,6,8-9H2,1-2H3,(H,24,25)/t14-,15+,19+,20+,21+,22+/m0/s1. The van der Waals surface area contributed by atoms with E-state index < -0.39 is 73.0 Å². The maximum absolute atomic E-state index is 11.5. The zero-order valence-electron chi connectivity index (χ0n) is 18.9. The van der Waals surface area contributed by atoms with Gasteiger partial charge < -0.3 is 43.8 Å².